The Labute approximate surface area is 88.0 Å². The van der Waals surface area contributed by atoms with Crippen molar-refractivity contribution < 1.29 is 0 Å². The summed E-state index contributed by atoms with van der Waals surface area (Å²) >= 11 is 0. The summed E-state index contributed by atoms with van der Waals surface area (Å²) < 4.78 is 1.77. The van der Waals surface area contributed by atoms with Crippen LogP contribution >= 0.6 is 0 Å². The van der Waals surface area contributed by atoms with Crippen LogP contribution in [-0.2, 0) is 6.54 Å². The van der Waals surface area contributed by atoms with Crippen LogP contribution in [0.2, 0.25) is 0 Å². The van der Waals surface area contributed by atoms with Crippen molar-refractivity contribution in [2.45, 2.75) is 20.4 Å². The first-order chi connectivity index (χ1) is 7.24. The minimum Gasteiger partial charge on any atom is -0.326 e. The van der Waals surface area contributed by atoms with Crippen molar-refractivity contribution in [1.82, 2.24) is 19.7 Å². The van der Waals surface area contributed by atoms with Gasteiger partial charge in [-0.1, -0.05) is 0 Å². The molecule has 0 radical (unpaired) electrons. The predicted molar refractivity (Wildman–Crippen MR) is 56.5 cm³/mol. The van der Waals surface area contributed by atoms with Gasteiger partial charge in [0, 0.05) is 30.2 Å². The van der Waals surface area contributed by atoms with Crippen LogP contribution in [0.25, 0.3) is 5.82 Å². The van der Waals surface area contributed by atoms with E-state index in [9.17, 15) is 0 Å². The fraction of sp³-hybridized carbons (Fsp3) is 0.300. The van der Waals surface area contributed by atoms with Crippen molar-refractivity contribution in [2.75, 3.05) is 0 Å². The fourth-order valence-electron chi connectivity index (χ4n) is 1.59. The van der Waals surface area contributed by atoms with E-state index >= 15 is 0 Å². The molecule has 2 aromatic rings. The molecule has 5 heteroatoms. The van der Waals surface area contributed by atoms with Gasteiger partial charge >= 0.3 is 0 Å². The van der Waals surface area contributed by atoms with Crippen LogP contribution in [0.5, 0.6) is 0 Å². The molecule has 0 aliphatic carbocycles. The maximum absolute atomic E-state index is 5.65. The average Bonchev–Trinajstić information content (AvgIpc) is 2.55. The number of aromatic nitrogens is 4. The molecule has 0 aromatic carbocycles. The first-order valence-corrected chi connectivity index (χ1v) is 4.75. The van der Waals surface area contributed by atoms with Gasteiger partial charge in [-0.2, -0.15) is 5.10 Å². The lowest BCUT2D eigenvalue weighted by molar-refractivity contribution is 0.798. The van der Waals surface area contributed by atoms with Crippen LogP contribution in [0.4, 0.5) is 0 Å². The Morgan fingerprint density at radius 1 is 1.33 bits per heavy atom. The molecule has 5 nitrogen and oxygen atoms in total. The monoisotopic (exact) mass is 203 g/mol. The normalized spacial score (nSPS) is 10.6. The zero-order valence-corrected chi connectivity index (χ0v) is 8.81. The Hall–Kier alpha value is -1.75. The van der Waals surface area contributed by atoms with Crippen LogP contribution in [0.1, 0.15) is 17.0 Å². The molecule has 0 amide bonds. The summed E-state index contributed by atoms with van der Waals surface area (Å²) in [5, 5.41) is 4.39. The topological polar surface area (TPSA) is 69.6 Å². The number of nitrogens with zero attached hydrogens (tertiary/aromatic N) is 4. The molecule has 0 fully saturated rings. The van der Waals surface area contributed by atoms with Gasteiger partial charge in [0.05, 0.1) is 11.9 Å². The second-order valence-corrected chi connectivity index (χ2v) is 3.33. The molecule has 78 valence electrons. The lowest BCUT2D eigenvalue weighted by Crippen LogP contribution is -2.03. The Balaban J connectivity index is 2.55. The minimum atomic E-state index is 0.498. The van der Waals surface area contributed by atoms with Crippen molar-refractivity contribution >= 4 is 0 Å². The second-order valence-electron chi connectivity index (χ2n) is 3.33. The summed E-state index contributed by atoms with van der Waals surface area (Å²) in [6, 6.07) is 0. The molecule has 2 rings (SSSR count). The highest BCUT2D eigenvalue weighted by atomic mass is 15.3. The lowest BCUT2D eigenvalue weighted by atomic mass is 10.2. The molecule has 0 aliphatic rings. The van der Waals surface area contributed by atoms with Crippen LogP contribution < -0.4 is 5.73 Å². The van der Waals surface area contributed by atoms with Gasteiger partial charge in [-0.05, 0) is 13.8 Å². The summed E-state index contributed by atoms with van der Waals surface area (Å²) in [5.41, 5.74) is 8.69. The fourth-order valence-corrected chi connectivity index (χ4v) is 1.59. The van der Waals surface area contributed by atoms with Crippen LogP contribution in [0.15, 0.2) is 18.6 Å². The smallest absolute Gasteiger partial charge is 0.172 e. The summed E-state index contributed by atoms with van der Waals surface area (Å²) in [6.07, 6.45) is 4.96. The second kappa shape index (κ2) is 3.78. The van der Waals surface area contributed by atoms with Gasteiger partial charge in [0.25, 0.3) is 0 Å². The lowest BCUT2D eigenvalue weighted by Gasteiger charge is -2.02. The summed E-state index contributed by atoms with van der Waals surface area (Å²) in [4.78, 5) is 8.21. The van der Waals surface area contributed by atoms with Crippen LogP contribution in [-0.4, -0.2) is 19.7 Å². The number of hydrogen-bond acceptors (Lipinski definition) is 4. The molecule has 0 bridgehead atoms. The average molecular weight is 203 g/mol. The Bertz CT molecular complexity index is 460. The van der Waals surface area contributed by atoms with E-state index in [2.05, 4.69) is 15.1 Å². The van der Waals surface area contributed by atoms with Gasteiger partial charge in [-0.15, -0.1) is 0 Å². The van der Waals surface area contributed by atoms with E-state index in [1.807, 2.05) is 13.8 Å². The molecule has 15 heavy (non-hydrogen) atoms. The summed E-state index contributed by atoms with van der Waals surface area (Å²) in [6.45, 7) is 4.43. The van der Waals surface area contributed by atoms with Gasteiger partial charge in [-0.3, -0.25) is 4.98 Å². The van der Waals surface area contributed by atoms with E-state index in [4.69, 9.17) is 5.73 Å². The first-order valence-electron chi connectivity index (χ1n) is 4.75. The molecule has 0 spiro atoms. The van der Waals surface area contributed by atoms with Gasteiger partial charge in [0.15, 0.2) is 5.82 Å². The number of rotatable bonds is 2. The molecule has 0 unspecified atom stereocenters. The van der Waals surface area contributed by atoms with E-state index in [-0.39, 0.29) is 0 Å². The highest BCUT2D eigenvalue weighted by Crippen LogP contribution is 2.14. The highest BCUT2D eigenvalue weighted by Gasteiger charge is 2.11. The number of aryl methyl sites for hydroxylation is 1. The summed E-state index contributed by atoms with van der Waals surface area (Å²) in [5.74, 6) is 0.720. The quantitative estimate of drug-likeness (QED) is 0.781. The maximum Gasteiger partial charge on any atom is 0.172 e. The van der Waals surface area contributed by atoms with Crippen molar-refractivity contribution in [3.8, 4) is 5.82 Å². The minimum absolute atomic E-state index is 0.498. The molecule has 0 saturated carbocycles. The molecule has 0 saturated heterocycles. The van der Waals surface area contributed by atoms with Gasteiger partial charge in [-0.25, -0.2) is 9.67 Å². The van der Waals surface area contributed by atoms with Crippen molar-refractivity contribution in [2.24, 2.45) is 5.73 Å². The van der Waals surface area contributed by atoms with Crippen molar-refractivity contribution in [3.05, 3.63) is 35.5 Å². The zero-order valence-electron chi connectivity index (χ0n) is 8.81. The predicted octanol–water partition coefficient (Wildman–Crippen LogP) is 0.738. The van der Waals surface area contributed by atoms with Gasteiger partial charge in [0.1, 0.15) is 0 Å². The maximum atomic E-state index is 5.65. The van der Waals surface area contributed by atoms with Crippen molar-refractivity contribution in [3.63, 3.8) is 0 Å². The third-order valence-corrected chi connectivity index (χ3v) is 2.41. The molecular formula is C10H13N5. The SMILES string of the molecule is Cc1nn(-c2cnccn2)c(C)c1CN. The van der Waals surface area contributed by atoms with Gasteiger partial charge in [0.2, 0.25) is 0 Å². The summed E-state index contributed by atoms with van der Waals surface area (Å²) in [7, 11) is 0. The Kier molecular flexibility index (Phi) is 2.47. The number of hydrogen-bond donors (Lipinski definition) is 1. The first kappa shape index (κ1) is 9.79. The zero-order chi connectivity index (χ0) is 10.8. The molecule has 2 heterocycles. The number of nitrogens with two attached hydrogens (primary N) is 1. The third-order valence-electron chi connectivity index (χ3n) is 2.41. The largest absolute Gasteiger partial charge is 0.326 e. The van der Waals surface area contributed by atoms with E-state index in [0.717, 1.165) is 22.8 Å². The van der Waals surface area contributed by atoms with E-state index in [0.29, 0.717) is 6.54 Å². The standard InChI is InChI=1S/C10H13N5/c1-7-9(5-11)8(2)15(14-7)10-6-12-3-4-13-10/h3-4,6H,5,11H2,1-2H3. The van der Waals surface area contributed by atoms with Crippen LogP contribution in [0, 0.1) is 13.8 Å². The van der Waals surface area contributed by atoms with E-state index in [1.54, 1.807) is 23.3 Å². The molecule has 2 aromatic heterocycles. The van der Waals surface area contributed by atoms with E-state index < -0.39 is 0 Å². The molecule has 0 aliphatic heterocycles. The third kappa shape index (κ3) is 1.61. The molecule has 2 N–H and O–H groups in total. The van der Waals surface area contributed by atoms with Gasteiger partial charge < -0.3 is 5.73 Å². The molecular weight excluding hydrogens is 190 g/mol. The van der Waals surface area contributed by atoms with Crippen molar-refractivity contribution in [1.29, 1.82) is 0 Å². The van der Waals surface area contributed by atoms with E-state index in [1.165, 1.54) is 0 Å². The Morgan fingerprint density at radius 2 is 2.13 bits per heavy atom. The van der Waals surface area contributed by atoms with Crippen LogP contribution in [0.3, 0.4) is 0 Å². The molecule has 0 atom stereocenters. The highest BCUT2D eigenvalue weighted by molar-refractivity contribution is 5.30. The Morgan fingerprint density at radius 3 is 2.67 bits per heavy atom.